The number of likely N-dealkylation sites (N-methyl/N-ethyl adjacent to an activating group) is 1. The lowest BCUT2D eigenvalue weighted by Crippen LogP contribution is -2.53. The summed E-state index contributed by atoms with van der Waals surface area (Å²) in [5.41, 5.74) is 8.95. The SMILES string of the molecule is CN(C(=O)c1c(C=O)cccc1OCCOCCOCCOCCN1CCC(n2nc(-c3ccc(Oc4ccccc4)cc3)c3c(N)ncnc32)CC1)C1CCC(=O)NC1=O. The molecule has 5 aromatic rings. The predicted octanol–water partition coefficient (Wildman–Crippen LogP) is 4.32. The number of imide groups is 1. The van der Waals surface area contributed by atoms with Gasteiger partial charge in [0.2, 0.25) is 11.8 Å². The number of nitrogen functional groups attached to an aromatic ring is 1. The molecule has 7 rings (SSSR count). The summed E-state index contributed by atoms with van der Waals surface area (Å²) in [6.07, 6.45) is 4.19. The van der Waals surface area contributed by atoms with E-state index in [4.69, 9.17) is 34.5 Å². The number of amides is 3. The number of rotatable bonds is 20. The van der Waals surface area contributed by atoms with Crippen LogP contribution in [0, 0.1) is 0 Å². The van der Waals surface area contributed by atoms with Gasteiger partial charge in [0.1, 0.15) is 47.7 Å². The number of carbonyl (C=O) groups is 4. The molecule has 0 radical (unpaired) electrons. The van der Waals surface area contributed by atoms with Crippen molar-refractivity contribution >= 4 is 40.9 Å². The van der Waals surface area contributed by atoms with E-state index in [1.807, 2.05) is 59.3 Å². The van der Waals surface area contributed by atoms with Crippen molar-refractivity contribution in [3.05, 3.63) is 90.3 Å². The Balaban J connectivity index is 0.777. The predicted molar refractivity (Wildman–Crippen MR) is 224 cm³/mol. The lowest BCUT2D eigenvalue weighted by atomic mass is 10.0. The smallest absolute Gasteiger partial charge is 0.258 e. The number of hydrogen-bond acceptors (Lipinski definition) is 14. The van der Waals surface area contributed by atoms with Gasteiger partial charge >= 0.3 is 0 Å². The Kier molecular flexibility index (Phi) is 14.6. The van der Waals surface area contributed by atoms with Gasteiger partial charge in [-0.3, -0.25) is 24.5 Å². The second kappa shape index (κ2) is 20.8. The minimum absolute atomic E-state index is 0.0464. The van der Waals surface area contributed by atoms with E-state index < -0.39 is 17.9 Å². The van der Waals surface area contributed by atoms with Crippen molar-refractivity contribution in [3.8, 4) is 28.5 Å². The number of likely N-dealkylation sites (tertiary alicyclic amines) is 1. The Hall–Kier alpha value is -6.27. The number of hydrogen-bond donors (Lipinski definition) is 2. The molecular formula is C44H50N8O9. The fourth-order valence-electron chi connectivity index (χ4n) is 7.46. The second-order valence-electron chi connectivity index (χ2n) is 14.7. The van der Waals surface area contributed by atoms with Gasteiger partial charge in [0.25, 0.3) is 5.91 Å². The first-order chi connectivity index (χ1) is 29.8. The van der Waals surface area contributed by atoms with E-state index in [9.17, 15) is 19.2 Å². The van der Waals surface area contributed by atoms with Crippen LogP contribution in [-0.4, -0.2) is 133 Å². The standard InChI is InChI=1S/C44H50N8O9/c1-50(35-14-15-37(54)48-43(35)55)44(56)38-31(28-53)6-5-9-36(38)60-27-26-59-25-24-58-23-22-57-21-20-51-18-16-32(17-19-51)52-42-39(41(45)46-29-47-42)40(49-52)30-10-12-34(13-11-30)61-33-7-3-2-4-8-33/h2-13,28-29,32,35H,14-27H2,1H3,(H2,45,46,47)(H,48,54,55). The highest BCUT2D eigenvalue weighted by Gasteiger charge is 2.34. The van der Waals surface area contributed by atoms with Crippen LogP contribution >= 0.6 is 0 Å². The van der Waals surface area contributed by atoms with Crippen molar-refractivity contribution in [3.63, 3.8) is 0 Å². The summed E-state index contributed by atoms with van der Waals surface area (Å²) >= 11 is 0. The fraction of sp³-hybridized carbons (Fsp3) is 0.386. The summed E-state index contributed by atoms with van der Waals surface area (Å²) < 4.78 is 30.9. The quantitative estimate of drug-likeness (QED) is 0.0638. The van der Waals surface area contributed by atoms with Gasteiger partial charge < -0.3 is 39.2 Å². The van der Waals surface area contributed by atoms with E-state index in [2.05, 4.69) is 20.2 Å². The second-order valence-corrected chi connectivity index (χ2v) is 14.7. The van der Waals surface area contributed by atoms with Gasteiger partial charge in [-0.2, -0.15) is 5.10 Å². The first-order valence-electron chi connectivity index (χ1n) is 20.4. The number of benzene rings is 3. The molecule has 2 saturated heterocycles. The van der Waals surface area contributed by atoms with Gasteiger partial charge in [0.05, 0.1) is 56.6 Å². The summed E-state index contributed by atoms with van der Waals surface area (Å²) in [5, 5.41) is 8.04. The number of nitrogens with one attached hydrogen (secondary N) is 1. The van der Waals surface area contributed by atoms with Gasteiger partial charge in [0, 0.05) is 44.2 Å². The van der Waals surface area contributed by atoms with Gasteiger partial charge in [-0.15, -0.1) is 0 Å². The van der Waals surface area contributed by atoms with Crippen LogP contribution < -0.4 is 20.5 Å². The number of nitrogens with zero attached hydrogens (tertiary/aromatic N) is 6. The molecule has 3 N–H and O–H groups in total. The van der Waals surface area contributed by atoms with Gasteiger partial charge in [-0.1, -0.05) is 30.3 Å². The van der Waals surface area contributed by atoms with Gasteiger partial charge in [-0.05, 0) is 61.7 Å². The largest absolute Gasteiger partial charge is 0.490 e. The molecule has 0 aliphatic carbocycles. The molecule has 4 heterocycles. The van der Waals surface area contributed by atoms with Gasteiger partial charge in [0.15, 0.2) is 11.9 Å². The van der Waals surface area contributed by atoms with E-state index in [1.54, 1.807) is 12.1 Å². The molecule has 0 spiro atoms. The molecule has 1 unspecified atom stereocenters. The number of ether oxygens (including phenoxy) is 5. The van der Waals surface area contributed by atoms with Crippen molar-refractivity contribution in [1.29, 1.82) is 0 Å². The number of carbonyl (C=O) groups excluding carboxylic acids is 4. The number of aldehydes is 1. The van der Waals surface area contributed by atoms with Crippen molar-refractivity contribution in [2.75, 3.05) is 78.7 Å². The normalized spacial score (nSPS) is 16.0. The maximum absolute atomic E-state index is 13.4. The number of fused-ring (bicyclic) bond motifs is 1. The molecule has 0 saturated carbocycles. The third-order valence-corrected chi connectivity index (χ3v) is 10.7. The maximum atomic E-state index is 13.4. The zero-order chi connectivity index (χ0) is 42.6. The molecule has 17 nitrogen and oxygen atoms in total. The zero-order valence-electron chi connectivity index (χ0n) is 34.1. The number of para-hydroxylation sites is 1. The minimum atomic E-state index is -0.837. The Morgan fingerprint density at radius 3 is 2.25 bits per heavy atom. The maximum Gasteiger partial charge on any atom is 0.258 e. The van der Waals surface area contributed by atoms with E-state index in [0.29, 0.717) is 45.1 Å². The zero-order valence-corrected chi connectivity index (χ0v) is 34.1. The van der Waals surface area contributed by atoms with Crippen molar-refractivity contribution in [2.24, 2.45) is 0 Å². The molecule has 1 atom stereocenters. The highest BCUT2D eigenvalue weighted by atomic mass is 16.6. The van der Waals surface area contributed by atoms with Crippen molar-refractivity contribution in [1.82, 2.24) is 34.9 Å². The van der Waals surface area contributed by atoms with Crippen LogP contribution in [0.4, 0.5) is 5.82 Å². The minimum Gasteiger partial charge on any atom is -0.490 e. The molecule has 3 amide bonds. The third kappa shape index (κ3) is 10.7. The molecule has 2 fully saturated rings. The highest BCUT2D eigenvalue weighted by molar-refractivity contribution is 6.07. The van der Waals surface area contributed by atoms with Crippen molar-refractivity contribution < 1.29 is 42.9 Å². The molecule has 17 heteroatoms. The summed E-state index contributed by atoms with van der Waals surface area (Å²) in [5.74, 6) is 0.598. The highest BCUT2D eigenvalue weighted by Crippen LogP contribution is 2.35. The Morgan fingerprint density at radius 2 is 1.54 bits per heavy atom. The van der Waals surface area contributed by atoms with Crippen molar-refractivity contribution in [2.45, 2.75) is 37.8 Å². The molecule has 2 aromatic heterocycles. The Bertz CT molecular complexity index is 2280. The lowest BCUT2D eigenvalue weighted by molar-refractivity contribution is -0.136. The molecule has 2 aliphatic heterocycles. The Labute approximate surface area is 353 Å². The van der Waals surface area contributed by atoms with Crippen LogP contribution in [0.25, 0.3) is 22.3 Å². The van der Waals surface area contributed by atoms with E-state index in [-0.39, 0.29) is 54.9 Å². The molecular weight excluding hydrogens is 785 g/mol. The lowest BCUT2D eigenvalue weighted by Gasteiger charge is -2.32. The number of piperidine rings is 2. The van der Waals surface area contributed by atoms with Crippen LogP contribution in [0.2, 0.25) is 0 Å². The summed E-state index contributed by atoms with van der Waals surface area (Å²) in [4.78, 5) is 61.6. The fourth-order valence-corrected chi connectivity index (χ4v) is 7.46. The molecule has 2 aliphatic rings. The summed E-state index contributed by atoms with van der Waals surface area (Å²) in [6.45, 7) is 5.11. The first-order valence-corrected chi connectivity index (χ1v) is 20.4. The third-order valence-electron chi connectivity index (χ3n) is 10.7. The van der Waals surface area contributed by atoms with Gasteiger partial charge in [-0.25, -0.2) is 14.6 Å². The summed E-state index contributed by atoms with van der Waals surface area (Å²) in [7, 11) is 1.46. The topological polar surface area (TPSA) is 203 Å². The van der Waals surface area contributed by atoms with E-state index in [0.717, 1.165) is 66.3 Å². The van der Waals surface area contributed by atoms with Crippen LogP contribution in [-0.2, 0) is 23.8 Å². The van der Waals surface area contributed by atoms with Crippen LogP contribution in [0.5, 0.6) is 17.2 Å². The first kappa shape index (κ1) is 42.8. The summed E-state index contributed by atoms with van der Waals surface area (Å²) in [6, 6.07) is 21.5. The molecule has 3 aromatic carbocycles. The van der Waals surface area contributed by atoms with Crippen LogP contribution in [0.1, 0.15) is 52.4 Å². The Morgan fingerprint density at radius 1 is 0.852 bits per heavy atom. The molecule has 320 valence electrons. The monoisotopic (exact) mass is 834 g/mol. The van der Waals surface area contributed by atoms with E-state index >= 15 is 0 Å². The average Bonchev–Trinajstić information content (AvgIpc) is 3.68. The number of aromatic nitrogens is 4. The van der Waals surface area contributed by atoms with Crippen LogP contribution in [0.3, 0.4) is 0 Å². The number of anilines is 1. The molecule has 0 bridgehead atoms. The average molecular weight is 835 g/mol. The van der Waals surface area contributed by atoms with Crippen LogP contribution in [0.15, 0.2) is 79.1 Å². The molecule has 61 heavy (non-hydrogen) atoms. The van der Waals surface area contributed by atoms with E-state index in [1.165, 1.54) is 24.3 Å². The number of nitrogens with two attached hydrogens (primary N) is 1.